The third-order valence-corrected chi connectivity index (χ3v) is 4.69. The average Bonchev–Trinajstić information content (AvgIpc) is 2.59. The predicted octanol–water partition coefficient (Wildman–Crippen LogP) is 4.67. The first-order valence-corrected chi connectivity index (χ1v) is 8.27. The van der Waals surface area contributed by atoms with E-state index in [0.717, 1.165) is 23.6 Å². The van der Waals surface area contributed by atoms with E-state index in [9.17, 15) is 19.8 Å². The van der Waals surface area contributed by atoms with Crippen molar-refractivity contribution in [2.24, 2.45) is 0 Å². The number of carbonyl (C=O) groups is 2. The molecule has 2 N–H and O–H groups in total. The van der Waals surface area contributed by atoms with Crippen molar-refractivity contribution in [1.82, 2.24) is 0 Å². The van der Waals surface area contributed by atoms with Gasteiger partial charge in [0.25, 0.3) is 0 Å². The first-order chi connectivity index (χ1) is 11.6. The standard InChI is InChI=1S/C20H20O4/c21-19(22)17-12-14-8-4-5-9-15(14)16(18(17)20(23)24)11-10-13-6-2-1-3-7-13/h4-5,8-10,12H,1-3,6-7,11H2,(H,21,22)(H,23,24). The molecule has 1 saturated carbocycles. The topological polar surface area (TPSA) is 74.6 Å². The summed E-state index contributed by atoms with van der Waals surface area (Å²) in [7, 11) is 0. The highest BCUT2D eigenvalue weighted by atomic mass is 16.4. The van der Waals surface area contributed by atoms with E-state index >= 15 is 0 Å². The summed E-state index contributed by atoms with van der Waals surface area (Å²) in [5.41, 5.74) is 1.71. The van der Waals surface area contributed by atoms with E-state index in [1.165, 1.54) is 30.9 Å². The Morgan fingerprint density at radius 3 is 2.38 bits per heavy atom. The fourth-order valence-corrected chi connectivity index (χ4v) is 3.50. The number of benzene rings is 2. The summed E-state index contributed by atoms with van der Waals surface area (Å²) in [5.74, 6) is -2.39. The quantitative estimate of drug-likeness (QED) is 0.801. The minimum atomic E-state index is -1.20. The van der Waals surface area contributed by atoms with Crippen molar-refractivity contribution >= 4 is 22.7 Å². The lowest BCUT2D eigenvalue weighted by atomic mass is 9.89. The molecule has 1 aliphatic carbocycles. The Labute approximate surface area is 140 Å². The van der Waals surface area contributed by atoms with Gasteiger partial charge in [0.05, 0.1) is 11.1 Å². The molecule has 0 aromatic heterocycles. The number of carboxylic acid groups (broad SMARTS) is 2. The Morgan fingerprint density at radius 1 is 1.00 bits per heavy atom. The van der Waals surface area contributed by atoms with Gasteiger partial charge in [-0.05, 0) is 54.5 Å². The summed E-state index contributed by atoms with van der Waals surface area (Å²) in [4.78, 5) is 23.3. The van der Waals surface area contributed by atoms with Crippen molar-refractivity contribution in [3.63, 3.8) is 0 Å². The van der Waals surface area contributed by atoms with Crippen LogP contribution in [0.25, 0.3) is 10.8 Å². The molecule has 124 valence electrons. The molecule has 0 amide bonds. The summed E-state index contributed by atoms with van der Waals surface area (Å²) in [6.45, 7) is 0. The normalized spacial score (nSPS) is 14.6. The molecule has 4 nitrogen and oxygen atoms in total. The summed E-state index contributed by atoms with van der Waals surface area (Å²) in [5, 5.41) is 20.6. The van der Waals surface area contributed by atoms with Gasteiger partial charge in [0, 0.05) is 0 Å². The van der Waals surface area contributed by atoms with Crippen LogP contribution in [0.2, 0.25) is 0 Å². The maximum Gasteiger partial charge on any atom is 0.336 e. The molecule has 4 heteroatoms. The number of hydrogen-bond acceptors (Lipinski definition) is 2. The molecule has 1 fully saturated rings. The second-order valence-corrected chi connectivity index (χ2v) is 6.24. The molecular formula is C20H20O4. The summed E-state index contributed by atoms with van der Waals surface area (Å²) in [6.07, 6.45) is 8.26. The van der Waals surface area contributed by atoms with Gasteiger partial charge in [0.2, 0.25) is 0 Å². The van der Waals surface area contributed by atoms with E-state index in [1.807, 2.05) is 24.3 Å². The highest BCUT2D eigenvalue weighted by molar-refractivity contribution is 6.08. The van der Waals surface area contributed by atoms with Gasteiger partial charge in [-0.1, -0.05) is 42.3 Å². The fraction of sp³-hybridized carbons (Fsp3) is 0.300. The van der Waals surface area contributed by atoms with Crippen LogP contribution in [-0.2, 0) is 6.42 Å². The molecule has 0 spiro atoms. The summed E-state index contributed by atoms with van der Waals surface area (Å²) >= 11 is 0. The fourth-order valence-electron chi connectivity index (χ4n) is 3.50. The zero-order valence-corrected chi connectivity index (χ0v) is 13.4. The van der Waals surface area contributed by atoms with E-state index in [4.69, 9.17) is 0 Å². The van der Waals surface area contributed by atoms with Crippen molar-refractivity contribution in [3.8, 4) is 0 Å². The van der Waals surface area contributed by atoms with Crippen molar-refractivity contribution < 1.29 is 19.8 Å². The van der Waals surface area contributed by atoms with Crippen LogP contribution in [-0.4, -0.2) is 22.2 Å². The van der Waals surface area contributed by atoms with Crippen molar-refractivity contribution in [2.45, 2.75) is 38.5 Å². The van der Waals surface area contributed by atoms with Crippen LogP contribution in [0.15, 0.2) is 42.0 Å². The molecular weight excluding hydrogens is 304 g/mol. The van der Waals surface area contributed by atoms with Crippen molar-refractivity contribution in [2.75, 3.05) is 0 Å². The number of fused-ring (bicyclic) bond motifs is 1. The Morgan fingerprint density at radius 2 is 1.71 bits per heavy atom. The van der Waals surface area contributed by atoms with Crippen molar-refractivity contribution in [3.05, 3.63) is 58.7 Å². The minimum absolute atomic E-state index is 0.0890. The van der Waals surface area contributed by atoms with Crippen molar-refractivity contribution in [1.29, 1.82) is 0 Å². The third-order valence-electron chi connectivity index (χ3n) is 4.69. The lowest BCUT2D eigenvalue weighted by Gasteiger charge is -2.15. The van der Waals surface area contributed by atoms with Crippen LogP contribution < -0.4 is 0 Å². The first-order valence-electron chi connectivity index (χ1n) is 8.27. The summed E-state index contributed by atoms with van der Waals surface area (Å²) < 4.78 is 0. The molecule has 24 heavy (non-hydrogen) atoms. The number of hydrogen-bond donors (Lipinski definition) is 2. The zero-order valence-electron chi connectivity index (χ0n) is 13.4. The molecule has 0 saturated heterocycles. The van der Waals surface area contributed by atoms with Gasteiger partial charge in [-0.2, -0.15) is 0 Å². The highest BCUT2D eigenvalue weighted by Crippen LogP contribution is 2.29. The van der Waals surface area contributed by atoms with Crippen LogP contribution in [0.5, 0.6) is 0 Å². The SMILES string of the molecule is O=C(O)c1cc2ccccc2c(CC=C2CCCCC2)c1C(=O)O. The van der Waals surface area contributed by atoms with Gasteiger partial charge in [0.1, 0.15) is 0 Å². The molecule has 0 radical (unpaired) electrons. The Balaban J connectivity index is 2.16. The van der Waals surface area contributed by atoms with Gasteiger partial charge in [-0.15, -0.1) is 0 Å². The van der Waals surface area contributed by atoms with Gasteiger partial charge >= 0.3 is 11.9 Å². The summed E-state index contributed by atoms with van der Waals surface area (Å²) in [6, 6.07) is 8.83. The van der Waals surface area contributed by atoms with Gasteiger partial charge in [-0.3, -0.25) is 0 Å². The molecule has 0 bridgehead atoms. The molecule has 1 aliphatic rings. The Kier molecular flexibility index (Phi) is 4.65. The number of carboxylic acids is 2. The molecule has 2 aromatic rings. The molecule has 2 aromatic carbocycles. The lowest BCUT2D eigenvalue weighted by Crippen LogP contribution is -2.12. The van der Waals surface area contributed by atoms with Crippen LogP contribution in [0.1, 0.15) is 58.4 Å². The predicted molar refractivity (Wildman–Crippen MR) is 92.7 cm³/mol. The maximum absolute atomic E-state index is 11.8. The second-order valence-electron chi connectivity index (χ2n) is 6.24. The number of rotatable bonds is 4. The minimum Gasteiger partial charge on any atom is -0.478 e. The van der Waals surface area contributed by atoms with Crippen LogP contribution in [0.3, 0.4) is 0 Å². The van der Waals surface area contributed by atoms with Crippen LogP contribution in [0.4, 0.5) is 0 Å². The maximum atomic E-state index is 11.8. The highest BCUT2D eigenvalue weighted by Gasteiger charge is 2.22. The monoisotopic (exact) mass is 324 g/mol. The van der Waals surface area contributed by atoms with E-state index < -0.39 is 11.9 Å². The molecule has 0 aliphatic heterocycles. The number of aromatic carboxylic acids is 2. The molecule has 3 rings (SSSR count). The molecule has 0 atom stereocenters. The van der Waals surface area contributed by atoms with Gasteiger partial charge in [0.15, 0.2) is 0 Å². The number of allylic oxidation sites excluding steroid dienone is 2. The average molecular weight is 324 g/mol. The lowest BCUT2D eigenvalue weighted by molar-refractivity contribution is 0.0651. The molecule has 0 heterocycles. The van der Waals surface area contributed by atoms with Crippen LogP contribution >= 0.6 is 0 Å². The Bertz CT molecular complexity index is 825. The second kappa shape index (κ2) is 6.87. The van der Waals surface area contributed by atoms with E-state index in [-0.39, 0.29) is 11.1 Å². The largest absolute Gasteiger partial charge is 0.478 e. The zero-order chi connectivity index (χ0) is 17.1. The van der Waals surface area contributed by atoms with E-state index in [0.29, 0.717) is 12.0 Å². The Hall–Kier alpha value is -2.62. The van der Waals surface area contributed by atoms with Gasteiger partial charge < -0.3 is 10.2 Å². The van der Waals surface area contributed by atoms with E-state index in [2.05, 4.69) is 6.08 Å². The van der Waals surface area contributed by atoms with Crippen LogP contribution in [0, 0.1) is 0 Å². The van der Waals surface area contributed by atoms with E-state index in [1.54, 1.807) is 0 Å². The smallest absolute Gasteiger partial charge is 0.336 e. The third kappa shape index (κ3) is 3.18. The van der Waals surface area contributed by atoms with Gasteiger partial charge in [-0.25, -0.2) is 9.59 Å². The first kappa shape index (κ1) is 16.2. The molecule has 0 unspecified atom stereocenters.